The van der Waals surface area contributed by atoms with Crippen LogP contribution < -0.4 is 14.4 Å². The van der Waals surface area contributed by atoms with Crippen LogP contribution in [0.3, 0.4) is 0 Å². The second kappa shape index (κ2) is 5.05. The van der Waals surface area contributed by atoms with E-state index >= 15 is 8.63 Å². The quantitative estimate of drug-likeness (QED) is 0.449. The third-order valence-electron chi connectivity index (χ3n) is 5.37. The Bertz CT molecular complexity index is 1400. The van der Waals surface area contributed by atoms with Crippen LogP contribution >= 0.6 is 11.3 Å². The number of nitrogens with zero attached hydrogens (tertiary/aromatic N) is 2. The van der Waals surface area contributed by atoms with Crippen LogP contribution in [0.1, 0.15) is 11.3 Å². The number of rotatable bonds is 1. The summed E-state index contributed by atoms with van der Waals surface area (Å²) in [5, 5.41) is 1.93. The van der Waals surface area contributed by atoms with Gasteiger partial charge in [0.1, 0.15) is 0 Å². The van der Waals surface area contributed by atoms with Crippen molar-refractivity contribution >= 4 is 40.0 Å². The summed E-state index contributed by atoms with van der Waals surface area (Å²) in [6, 6.07) is 21.2. The number of fused-ring (bicyclic) bond motifs is 5. The van der Waals surface area contributed by atoms with E-state index in [-0.39, 0.29) is 0 Å². The van der Waals surface area contributed by atoms with Crippen molar-refractivity contribution in [1.82, 2.24) is 8.96 Å². The number of hydrogen-bond acceptors (Lipinski definition) is 1. The Kier molecular flexibility index (Phi) is 2.82. The lowest BCUT2D eigenvalue weighted by molar-refractivity contribution is 0.515. The van der Waals surface area contributed by atoms with Gasteiger partial charge in [-0.15, -0.1) is 0 Å². The molecule has 6 rings (SSSR count). The second-order valence-electron chi connectivity index (χ2n) is 6.85. The summed E-state index contributed by atoms with van der Waals surface area (Å²) >= 11 is 1.43. The van der Waals surface area contributed by atoms with E-state index in [9.17, 15) is 0 Å². The molecule has 0 saturated carbocycles. The molecule has 4 aromatic rings. The fraction of sp³-hybridized carbons (Fsp3) is 0. The summed E-state index contributed by atoms with van der Waals surface area (Å²) in [6.07, 6.45) is 3.42. The summed E-state index contributed by atoms with van der Waals surface area (Å²) in [4.78, 5) is 0. The first-order valence-corrected chi connectivity index (χ1v) is 9.63. The molecule has 2 nitrogen and oxygen atoms in total. The van der Waals surface area contributed by atoms with Gasteiger partial charge in [0.25, 0.3) is 0 Å². The molecule has 4 heterocycles. The molecule has 2 aliphatic heterocycles. The first-order valence-electron chi connectivity index (χ1n) is 8.81. The van der Waals surface area contributed by atoms with E-state index < -0.39 is 6.97 Å². The molecule has 0 atom stereocenters. The Morgan fingerprint density at radius 1 is 0.889 bits per heavy atom. The maximum atomic E-state index is 15.6. The zero-order valence-corrected chi connectivity index (χ0v) is 15.0. The molecule has 0 bridgehead atoms. The van der Waals surface area contributed by atoms with Crippen molar-refractivity contribution in [2.75, 3.05) is 0 Å². The summed E-state index contributed by atoms with van der Waals surface area (Å²) in [5.41, 5.74) is 2.94. The predicted octanol–water partition coefficient (Wildman–Crippen LogP) is 3.68. The van der Waals surface area contributed by atoms with Gasteiger partial charge in [-0.1, -0.05) is 59.9 Å². The van der Waals surface area contributed by atoms with Crippen molar-refractivity contribution in [3.05, 3.63) is 99.8 Å². The molecule has 2 aromatic heterocycles. The molecule has 130 valence electrons. The molecule has 2 aromatic carbocycles. The standard InChI is InChI=1S/C21H13BF2N2S/c23-22(24)25-12-6-10-17(25)20(14-7-2-1-3-8-14)18-13-16-15-9-4-5-11-19(15)27-21(16)26(18)22/h1-13H. The maximum Gasteiger partial charge on any atom is 0.738 e. The smallest absolute Gasteiger partial charge is 0.396 e. The van der Waals surface area contributed by atoms with E-state index in [0.29, 0.717) is 16.1 Å². The number of halogens is 2. The molecule has 0 aliphatic carbocycles. The first kappa shape index (κ1) is 15.1. The summed E-state index contributed by atoms with van der Waals surface area (Å²) < 4.78 is 35.2. The van der Waals surface area contributed by atoms with Crippen LogP contribution in [0.15, 0.2) is 78.6 Å². The van der Waals surface area contributed by atoms with Crippen molar-refractivity contribution in [3.8, 4) is 0 Å². The van der Waals surface area contributed by atoms with E-state index in [0.717, 1.165) is 30.9 Å². The Morgan fingerprint density at radius 2 is 1.67 bits per heavy atom. The lowest BCUT2D eigenvalue weighted by atomic mass is 9.86. The third-order valence-corrected chi connectivity index (χ3v) is 6.56. The minimum absolute atomic E-state index is 0.563. The molecule has 0 fully saturated rings. The van der Waals surface area contributed by atoms with Crippen LogP contribution in [0.4, 0.5) is 8.63 Å². The van der Waals surface area contributed by atoms with Crippen LogP contribution in [0, 0.1) is 0 Å². The van der Waals surface area contributed by atoms with Gasteiger partial charge in [0.2, 0.25) is 4.67 Å². The van der Waals surface area contributed by atoms with E-state index in [2.05, 4.69) is 0 Å². The van der Waals surface area contributed by atoms with Gasteiger partial charge in [-0.05, 0) is 30.0 Å². The largest absolute Gasteiger partial charge is 0.738 e. The lowest BCUT2D eigenvalue weighted by Gasteiger charge is -2.30. The Labute approximate surface area is 157 Å². The average molecular weight is 374 g/mol. The molecule has 27 heavy (non-hydrogen) atoms. The highest BCUT2D eigenvalue weighted by atomic mass is 32.1. The summed E-state index contributed by atoms with van der Waals surface area (Å²) in [6.45, 7) is -3.94. The van der Waals surface area contributed by atoms with Gasteiger partial charge in [0.15, 0.2) is 5.70 Å². The van der Waals surface area contributed by atoms with E-state index in [4.69, 9.17) is 0 Å². The summed E-state index contributed by atoms with van der Waals surface area (Å²) in [5.74, 6) is 0. The van der Waals surface area contributed by atoms with Crippen molar-refractivity contribution < 1.29 is 8.63 Å². The van der Waals surface area contributed by atoms with E-state index in [1.54, 1.807) is 12.1 Å². The first-order chi connectivity index (χ1) is 13.2. The number of allylic oxidation sites excluding steroid dienone is 1. The van der Waals surface area contributed by atoms with E-state index in [1.807, 2.05) is 60.7 Å². The van der Waals surface area contributed by atoms with Gasteiger partial charge in [-0.3, -0.25) is 0 Å². The van der Waals surface area contributed by atoms with E-state index in [1.165, 1.54) is 22.0 Å². The second-order valence-corrected chi connectivity index (χ2v) is 7.88. The highest BCUT2D eigenvalue weighted by molar-refractivity contribution is 7.16. The topological polar surface area (TPSA) is 7.94 Å². The molecule has 0 unspecified atom stereocenters. The van der Waals surface area contributed by atoms with Crippen molar-refractivity contribution in [1.29, 1.82) is 0 Å². The Morgan fingerprint density at radius 3 is 2.52 bits per heavy atom. The number of aromatic nitrogens is 1. The fourth-order valence-corrected chi connectivity index (χ4v) is 5.47. The predicted molar refractivity (Wildman–Crippen MR) is 107 cm³/mol. The lowest BCUT2D eigenvalue weighted by Crippen LogP contribution is -2.56. The molecule has 0 amide bonds. The number of hydrogen-bond donors (Lipinski definition) is 0. The molecule has 2 aliphatic rings. The molecule has 0 N–H and O–H groups in total. The average Bonchev–Trinajstić information content (AvgIpc) is 3.37. The van der Waals surface area contributed by atoms with Crippen LogP contribution in [-0.2, 0) is 0 Å². The zero-order chi connectivity index (χ0) is 18.2. The summed E-state index contributed by atoms with van der Waals surface area (Å²) in [7, 11) is 0. The third kappa shape index (κ3) is 1.86. The minimum Gasteiger partial charge on any atom is -0.396 e. The van der Waals surface area contributed by atoms with Gasteiger partial charge in [0, 0.05) is 21.9 Å². The van der Waals surface area contributed by atoms with Crippen molar-refractivity contribution in [2.24, 2.45) is 0 Å². The Hall–Kier alpha value is -2.99. The van der Waals surface area contributed by atoms with Crippen LogP contribution in [0.5, 0.6) is 0 Å². The number of thiophene rings is 1. The van der Waals surface area contributed by atoms with Crippen molar-refractivity contribution in [2.45, 2.75) is 0 Å². The monoisotopic (exact) mass is 374 g/mol. The normalized spacial score (nSPS) is 16.9. The molecular weight excluding hydrogens is 361 g/mol. The highest BCUT2D eigenvalue weighted by Gasteiger charge is 2.52. The van der Waals surface area contributed by atoms with Gasteiger partial charge in [0.05, 0.1) is 10.8 Å². The molecular formula is C21H13BF2N2S. The number of benzene rings is 2. The van der Waals surface area contributed by atoms with Gasteiger partial charge in [-0.2, -0.15) is 0 Å². The molecule has 6 heteroatoms. The molecule has 0 saturated heterocycles. The fourth-order valence-electron chi connectivity index (χ4n) is 4.22. The van der Waals surface area contributed by atoms with Gasteiger partial charge < -0.3 is 17.6 Å². The Balaban J connectivity index is 1.83. The van der Waals surface area contributed by atoms with Crippen LogP contribution in [0.2, 0.25) is 0 Å². The zero-order valence-electron chi connectivity index (χ0n) is 14.1. The highest BCUT2D eigenvalue weighted by Crippen LogP contribution is 2.37. The maximum absolute atomic E-state index is 15.6. The molecule has 0 radical (unpaired) electrons. The van der Waals surface area contributed by atoms with Gasteiger partial charge >= 0.3 is 6.97 Å². The molecule has 0 spiro atoms. The van der Waals surface area contributed by atoms with Crippen molar-refractivity contribution in [3.63, 3.8) is 0 Å². The van der Waals surface area contributed by atoms with Crippen LogP contribution in [-0.4, -0.2) is 11.4 Å². The SMILES string of the molecule is F[B-]1(F)n2cccc2C(c2ccccc2)=C2C=c3c(sc4ccccc34)=[N+]21. The minimum atomic E-state index is -3.94. The van der Waals surface area contributed by atoms with Gasteiger partial charge in [-0.25, -0.2) is 0 Å². The van der Waals surface area contributed by atoms with Crippen LogP contribution in [0.25, 0.3) is 21.7 Å².